The number of thioether (sulfide) groups is 1. The molecule has 0 aliphatic rings. The van der Waals surface area contributed by atoms with Gasteiger partial charge in [0.25, 0.3) is 0 Å². The summed E-state index contributed by atoms with van der Waals surface area (Å²) >= 11 is 1.54. The second-order valence-corrected chi connectivity index (χ2v) is 6.87. The van der Waals surface area contributed by atoms with Crippen LogP contribution in [0.25, 0.3) is 5.65 Å². The number of fused-ring (bicyclic) bond motifs is 1. The van der Waals surface area contributed by atoms with Crippen LogP contribution in [0.15, 0.2) is 35.6 Å². The number of anilines is 1. The highest BCUT2D eigenvalue weighted by Crippen LogP contribution is 2.20. The van der Waals surface area contributed by atoms with Crippen molar-refractivity contribution in [1.82, 2.24) is 19.6 Å². The molecule has 3 rings (SSSR count). The van der Waals surface area contributed by atoms with E-state index in [4.69, 9.17) is 4.74 Å². The normalized spacial score (nSPS) is 11.0. The number of unbranched alkanes of at least 4 members (excludes halogenated alkanes) is 2. The van der Waals surface area contributed by atoms with Crippen LogP contribution in [0.1, 0.15) is 37.3 Å². The average molecular weight is 372 g/mol. The summed E-state index contributed by atoms with van der Waals surface area (Å²) in [4.78, 5) is 9.26. The van der Waals surface area contributed by atoms with Gasteiger partial charge in [-0.1, -0.05) is 43.7 Å². The Morgan fingerprint density at radius 3 is 2.65 bits per heavy atom. The number of aromatic nitrogens is 4. The third kappa shape index (κ3) is 4.27. The van der Waals surface area contributed by atoms with Crippen molar-refractivity contribution in [3.05, 3.63) is 41.6 Å². The second kappa shape index (κ2) is 8.89. The topological polar surface area (TPSA) is 64.3 Å². The standard InChI is InChI=1S/C19H25N5OS/c1-4-5-6-7-15-13-21-24-17(15)22-19(26-3)23-18(24)20-12-14-8-10-16(25-2)11-9-14/h8-11,13H,4-7,12H2,1-3H3,(H,20,22,23). The minimum Gasteiger partial charge on any atom is -0.497 e. The summed E-state index contributed by atoms with van der Waals surface area (Å²) in [5.41, 5.74) is 3.24. The number of rotatable bonds is 9. The van der Waals surface area contributed by atoms with Crippen LogP contribution in [0.2, 0.25) is 0 Å². The second-order valence-electron chi connectivity index (χ2n) is 6.10. The van der Waals surface area contributed by atoms with Crippen LogP contribution >= 0.6 is 11.8 Å². The molecule has 0 radical (unpaired) electrons. The maximum Gasteiger partial charge on any atom is 0.228 e. The van der Waals surface area contributed by atoms with E-state index < -0.39 is 0 Å². The molecule has 2 aromatic heterocycles. The molecule has 0 saturated carbocycles. The van der Waals surface area contributed by atoms with E-state index in [2.05, 4.69) is 27.3 Å². The van der Waals surface area contributed by atoms with Gasteiger partial charge in [-0.25, -0.2) is 4.98 Å². The molecule has 0 aliphatic carbocycles. The fourth-order valence-electron chi connectivity index (χ4n) is 2.78. The van der Waals surface area contributed by atoms with Gasteiger partial charge in [0.15, 0.2) is 10.8 Å². The Labute approximate surface area is 158 Å². The zero-order valence-corrected chi connectivity index (χ0v) is 16.3. The lowest BCUT2D eigenvalue weighted by molar-refractivity contribution is 0.414. The number of hydrogen-bond donors (Lipinski definition) is 1. The van der Waals surface area contributed by atoms with Gasteiger partial charge in [0.05, 0.1) is 13.3 Å². The van der Waals surface area contributed by atoms with Gasteiger partial charge in [0, 0.05) is 12.1 Å². The molecule has 0 unspecified atom stereocenters. The van der Waals surface area contributed by atoms with E-state index in [0.717, 1.165) is 40.9 Å². The fourth-order valence-corrected chi connectivity index (χ4v) is 3.13. The summed E-state index contributed by atoms with van der Waals surface area (Å²) in [6.45, 7) is 2.88. The minimum absolute atomic E-state index is 0.662. The molecule has 1 aromatic carbocycles. The van der Waals surface area contributed by atoms with Gasteiger partial charge in [-0.2, -0.15) is 14.6 Å². The molecule has 0 aliphatic heterocycles. The van der Waals surface area contributed by atoms with Crippen molar-refractivity contribution in [2.24, 2.45) is 0 Å². The largest absolute Gasteiger partial charge is 0.497 e. The number of ether oxygens (including phenoxy) is 1. The predicted octanol–water partition coefficient (Wildman–Crippen LogP) is 4.20. The smallest absolute Gasteiger partial charge is 0.228 e. The van der Waals surface area contributed by atoms with Crippen molar-refractivity contribution in [2.45, 2.75) is 44.3 Å². The molecular formula is C19H25N5OS. The molecular weight excluding hydrogens is 346 g/mol. The van der Waals surface area contributed by atoms with Crippen LogP contribution < -0.4 is 10.1 Å². The molecule has 2 heterocycles. The Bertz CT molecular complexity index is 847. The van der Waals surface area contributed by atoms with Crippen LogP contribution in [-0.2, 0) is 13.0 Å². The molecule has 138 valence electrons. The molecule has 0 amide bonds. The van der Waals surface area contributed by atoms with E-state index in [9.17, 15) is 0 Å². The molecule has 3 aromatic rings. The van der Waals surface area contributed by atoms with Crippen LogP contribution in [0.3, 0.4) is 0 Å². The van der Waals surface area contributed by atoms with E-state index in [1.807, 2.05) is 41.2 Å². The quantitative estimate of drug-likeness (QED) is 0.449. The molecule has 1 N–H and O–H groups in total. The maximum absolute atomic E-state index is 5.21. The highest BCUT2D eigenvalue weighted by molar-refractivity contribution is 7.98. The Morgan fingerprint density at radius 1 is 1.15 bits per heavy atom. The van der Waals surface area contributed by atoms with Gasteiger partial charge >= 0.3 is 0 Å². The maximum atomic E-state index is 5.21. The summed E-state index contributed by atoms with van der Waals surface area (Å²) in [5, 5.41) is 8.66. The van der Waals surface area contributed by atoms with Gasteiger partial charge in [-0.05, 0) is 36.8 Å². The van der Waals surface area contributed by atoms with Crippen molar-refractivity contribution in [3.8, 4) is 5.75 Å². The van der Waals surface area contributed by atoms with E-state index in [0.29, 0.717) is 6.54 Å². The highest BCUT2D eigenvalue weighted by atomic mass is 32.2. The monoisotopic (exact) mass is 371 g/mol. The van der Waals surface area contributed by atoms with Crippen LogP contribution in [0.4, 0.5) is 5.95 Å². The number of aryl methyl sites for hydroxylation is 1. The van der Waals surface area contributed by atoms with E-state index in [1.165, 1.54) is 18.4 Å². The van der Waals surface area contributed by atoms with Crippen molar-refractivity contribution < 1.29 is 4.74 Å². The van der Waals surface area contributed by atoms with Gasteiger partial charge in [-0.15, -0.1) is 0 Å². The number of hydrogen-bond acceptors (Lipinski definition) is 6. The van der Waals surface area contributed by atoms with Crippen LogP contribution in [0, 0.1) is 0 Å². The Hall–Kier alpha value is -2.28. The summed E-state index contributed by atoms with van der Waals surface area (Å²) in [6, 6.07) is 8.00. The highest BCUT2D eigenvalue weighted by Gasteiger charge is 2.12. The predicted molar refractivity (Wildman–Crippen MR) is 106 cm³/mol. The Balaban J connectivity index is 1.81. The number of methoxy groups -OCH3 is 1. The molecule has 0 fully saturated rings. The number of nitrogens with zero attached hydrogens (tertiary/aromatic N) is 4. The third-order valence-corrected chi connectivity index (χ3v) is 4.81. The summed E-state index contributed by atoms with van der Waals surface area (Å²) in [6.07, 6.45) is 8.50. The SMILES string of the molecule is CCCCCc1cnn2c(NCc3ccc(OC)cc3)nc(SC)nc12. The molecule has 7 heteroatoms. The minimum atomic E-state index is 0.662. The molecule has 0 saturated heterocycles. The fraction of sp³-hybridized carbons (Fsp3) is 0.421. The van der Waals surface area contributed by atoms with E-state index >= 15 is 0 Å². The lowest BCUT2D eigenvalue weighted by atomic mass is 10.1. The van der Waals surface area contributed by atoms with Crippen molar-refractivity contribution in [2.75, 3.05) is 18.7 Å². The number of nitrogens with one attached hydrogen (secondary N) is 1. The summed E-state index contributed by atoms with van der Waals surface area (Å²) < 4.78 is 7.02. The first-order valence-corrected chi connectivity index (χ1v) is 10.1. The third-order valence-electron chi connectivity index (χ3n) is 4.26. The Morgan fingerprint density at radius 2 is 1.96 bits per heavy atom. The molecule has 26 heavy (non-hydrogen) atoms. The molecule has 0 spiro atoms. The first-order valence-electron chi connectivity index (χ1n) is 8.90. The first kappa shape index (κ1) is 18.5. The van der Waals surface area contributed by atoms with Gasteiger partial charge < -0.3 is 10.1 Å². The average Bonchev–Trinajstić information content (AvgIpc) is 3.09. The zero-order chi connectivity index (χ0) is 18.4. The van der Waals surface area contributed by atoms with E-state index in [1.54, 1.807) is 18.9 Å². The van der Waals surface area contributed by atoms with Crippen molar-refractivity contribution in [1.29, 1.82) is 0 Å². The lowest BCUT2D eigenvalue weighted by Crippen LogP contribution is -2.09. The molecule has 0 atom stereocenters. The van der Waals surface area contributed by atoms with Crippen molar-refractivity contribution >= 4 is 23.4 Å². The lowest BCUT2D eigenvalue weighted by Gasteiger charge is -2.09. The molecule has 6 nitrogen and oxygen atoms in total. The van der Waals surface area contributed by atoms with Gasteiger partial charge in [-0.3, -0.25) is 0 Å². The molecule has 0 bridgehead atoms. The van der Waals surface area contributed by atoms with Gasteiger partial charge in [0.1, 0.15) is 5.75 Å². The zero-order valence-electron chi connectivity index (χ0n) is 15.5. The van der Waals surface area contributed by atoms with Gasteiger partial charge in [0.2, 0.25) is 5.95 Å². The first-order chi connectivity index (χ1) is 12.7. The number of benzene rings is 1. The van der Waals surface area contributed by atoms with E-state index in [-0.39, 0.29) is 0 Å². The van der Waals surface area contributed by atoms with Crippen LogP contribution in [-0.4, -0.2) is 32.9 Å². The van der Waals surface area contributed by atoms with Crippen LogP contribution in [0.5, 0.6) is 5.75 Å². The summed E-state index contributed by atoms with van der Waals surface area (Å²) in [7, 11) is 1.67. The Kier molecular flexibility index (Phi) is 6.33. The van der Waals surface area contributed by atoms with Crippen molar-refractivity contribution in [3.63, 3.8) is 0 Å². The summed E-state index contributed by atoms with van der Waals surface area (Å²) in [5.74, 6) is 1.57.